The molecule has 130 valence electrons. The molecule has 0 amide bonds. The molecule has 0 spiro atoms. The van der Waals surface area contributed by atoms with Gasteiger partial charge in [-0.15, -0.1) is 0 Å². The number of nitrogens with two attached hydrogens (primary N) is 1. The van der Waals surface area contributed by atoms with Crippen molar-refractivity contribution in [1.29, 1.82) is 0 Å². The van der Waals surface area contributed by atoms with Gasteiger partial charge in [-0.1, -0.05) is 5.16 Å². The number of nitrogens with one attached hydrogen (secondary N) is 2. The highest BCUT2D eigenvalue weighted by atomic mass is 16.5. The molecule has 1 aliphatic heterocycles. The second-order valence-corrected chi connectivity index (χ2v) is 5.67. The number of aryl methyl sites for hydroxylation is 1. The first-order valence-corrected chi connectivity index (χ1v) is 8.07. The standard InChI is InChI=1S/C15H23N7O2/c1-11-9-12(21-24-11)20-15-13(16)14(18-10-19-15)17-3-2-4-22-5-7-23-8-6-22/h9-10H,2-8,16H2,1H3,(H2,17,18,19,20,21). The fraction of sp³-hybridized carbons (Fsp3) is 0.533. The van der Waals surface area contributed by atoms with E-state index in [1.807, 2.05) is 6.92 Å². The van der Waals surface area contributed by atoms with Crippen molar-refractivity contribution in [2.75, 3.05) is 55.8 Å². The van der Waals surface area contributed by atoms with Crippen molar-refractivity contribution in [2.24, 2.45) is 0 Å². The van der Waals surface area contributed by atoms with Crippen LogP contribution in [0.1, 0.15) is 12.2 Å². The SMILES string of the molecule is Cc1cc(Nc2ncnc(NCCCN3CCOCC3)c2N)no1. The monoisotopic (exact) mass is 333 g/mol. The predicted octanol–water partition coefficient (Wildman–Crippen LogP) is 1.23. The third kappa shape index (κ3) is 4.33. The zero-order chi connectivity index (χ0) is 16.8. The lowest BCUT2D eigenvalue weighted by molar-refractivity contribution is 0.0378. The van der Waals surface area contributed by atoms with Crippen LogP contribution >= 0.6 is 0 Å². The van der Waals surface area contributed by atoms with Crippen molar-refractivity contribution in [3.05, 3.63) is 18.2 Å². The van der Waals surface area contributed by atoms with Crippen LogP contribution in [0.3, 0.4) is 0 Å². The molecular weight excluding hydrogens is 310 g/mol. The summed E-state index contributed by atoms with van der Waals surface area (Å²) in [6.45, 7) is 7.29. The van der Waals surface area contributed by atoms with Gasteiger partial charge in [-0.3, -0.25) is 4.90 Å². The Labute approximate surface area is 140 Å². The molecule has 1 aliphatic rings. The Bertz CT molecular complexity index is 655. The minimum Gasteiger partial charge on any atom is -0.393 e. The maximum absolute atomic E-state index is 6.13. The summed E-state index contributed by atoms with van der Waals surface area (Å²) < 4.78 is 10.4. The summed E-state index contributed by atoms with van der Waals surface area (Å²) in [4.78, 5) is 10.8. The molecule has 3 rings (SSSR count). The normalized spacial score (nSPS) is 15.4. The van der Waals surface area contributed by atoms with E-state index in [2.05, 4.69) is 30.7 Å². The zero-order valence-corrected chi connectivity index (χ0v) is 13.8. The first-order chi connectivity index (χ1) is 11.7. The first kappa shape index (κ1) is 16.5. The van der Waals surface area contributed by atoms with Crippen LogP contribution in [-0.2, 0) is 4.74 Å². The number of hydrogen-bond acceptors (Lipinski definition) is 9. The van der Waals surface area contributed by atoms with Crippen LogP contribution in [0.25, 0.3) is 0 Å². The Morgan fingerprint density at radius 1 is 1.25 bits per heavy atom. The lowest BCUT2D eigenvalue weighted by Crippen LogP contribution is -2.37. The summed E-state index contributed by atoms with van der Waals surface area (Å²) in [5.74, 6) is 2.41. The van der Waals surface area contributed by atoms with Gasteiger partial charge in [0.25, 0.3) is 0 Å². The third-order valence-corrected chi connectivity index (χ3v) is 3.81. The van der Waals surface area contributed by atoms with Gasteiger partial charge in [0, 0.05) is 25.7 Å². The van der Waals surface area contributed by atoms with Gasteiger partial charge in [-0.25, -0.2) is 9.97 Å². The van der Waals surface area contributed by atoms with E-state index in [1.54, 1.807) is 6.07 Å². The molecule has 2 aromatic rings. The van der Waals surface area contributed by atoms with Crippen LogP contribution in [0, 0.1) is 6.92 Å². The van der Waals surface area contributed by atoms with E-state index in [0.717, 1.165) is 45.8 Å². The first-order valence-electron chi connectivity index (χ1n) is 8.07. The Kier molecular flexibility index (Phi) is 5.44. The van der Waals surface area contributed by atoms with Crippen LogP contribution in [0.2, 0.25) is 0 Å². The summed E-state index contributed by atoms with van der Waals surface area (Å²) in [5.41, 5.74) is 6.59. The molecule has 0 atom stereocenters. The number of aromatic nitrogens is 3. The number of hydrogen-bond donors (Lipinski definition) is 3. The van der Waals surface area contributed by atoms with Crippen molar-refractivity contribution < 1.29 is 9.26 Å². The van der Waals surface area contributed by atoms with Crippen LogP contribution in [0.15, 0.2) is 16.9 Å². The quantitative estimate of drug-likeness (QED) is 0.644. The van der Waals surface area contributed by atoms with Crippen LogP contribution in [0.4, 0.5) is 23.1 Å². The van der Waals surface area contributed by atoms with E-state index in [-0.39, 0.29) is 0 Å². The second kappa shape index (κ2) is 7.93. The topological polar surface area (TPSA) is 114 Å². The Hall–Kier alpha value is -2.39. The van der Waals surface area contributed by atoms with Crippen LogP contribution in [-0.4, -0.2) is 59.4 Å². The molecule has 0 bridgehead atoms. The molecule has 0 unspecified atom stereocenters. The van der Waals surface area contributed by atoms with E-state index in [4.69, 9.17) is 15.0 Å². The van der Waals surface area contributed by atoms with Gasteiger partial charge in [0.05, 0.1) is 13.2 Å². The van der Waals surface area contributed by atoms with Crippen LogP contribution in [0.5, 0.6) is 0 Å². The molecule has 3 heterocycles. The van der Waals surface area contributed by atoms with Gasteiger partial charge in [-0.2, -0.15) is 0 Å². The second-order valence-electron chi connectivity index (χ2n) is 5.67. The highest BCUT2D eigenvalue weighted by Gasteiger charge is 2.11. The van der Waals surface area contributed by atoms with E-state index >= 15 is 0 Å². The molecule has 4 N–H and O–H groups in total. The number of ether oxygens (including phenoxy) is 1. The van der Waals surface area contributed by atoms with Gasteiger partial charge in [-0.05, 0) is 19.9 Å². The zero-order valence-electron chi connectivity index (χ0n) is 13.8. The molecule has 0 radical (unpaired) electrons. The number of anilines is 4. The summed E-state index contributed by atoms with van der Waals surface area (Å²) >= 11 is 0. The molecule has 0 aromatic carbocycles. The van der Waals surface area contributed by atoms with Gasteiger partial charge in [0.1, 0.15) is 17.8 Å². The molecule has 9 heteroatoms. The maximum atomic E-state index is 6.13. The Morgan fingerprint density at radius 3 is 2.79 bits per heavy atom. The van der Waals surface area contributed by atoms with Gasteiger partial charge < -0.3 is 25.6 Å². The third-order valence-electron chi connectivity index (χ3n) is 3.81. The number of nitrogens with zero attached hydrogens (tertiary/aromatic N) is 4. The van der Waals surface area contributed by atoms with Crippen molar-refractivity contribution >= 4 is 23.1 Å². The van der Waals surface area contributed by atoms with Crippen LogP contribution < -0.4 is 16.4 Å². The fourth-order valence-electron chi connectivity index (χ4n) is 2.52. The molecule has 1 fully saturated rings. The molecular formula is C15H23N7O2. The smallest absolute Gasteiger partial charge is 0.175 e. The highest BCUT2D eigenvalue weighted by molar-refractivity contribution is 5.76. The average molecular weight is 333 g/mol. The van der Waals surface area contributed by atoms with Gasteiger partial charge in [0.15, 0.2) is 17.5 Å². The van der Waals surface area contributed by atoms with Crippen molar-refractivity contribution in [3.8, 4) is 0 Å². The minimum atomic E-state index is 0.463. The summed E-state index contributed by atoms with van der Waals surface area (Å²) in [6.07, 6.45) is 2.48. The van der Waals surface area contributed by atoms with Gasteiger partial charge in [0.2, 0.25) is 0 Å². The van der Waals surface area contributed by atoms with E-state index in [1.165, 1.54) is 6.33 Å². The van der Waals surface area contributed by atoms with E-state index in [0.29, 0.717) is 28.9 Å². The maximum Gasteiger partial charge on any atom is 0.175 e. The largest absolute Gasteiger partial charge is 0.393 e. The van der Waals surface area contributed by atoms with Crippen molar-refractivity contribution in [2.45, 2.75) is 13.3 Å². The van der Waals surface area contributed by atoms with Crippen molar-refractivity contribution in [3.63, 3.8) is 0 Å². The average Bonchev–Trinajstić information content (AvgIpc) is 3.01. The van der Waals surface area contributed by atoms with E-state index in [9.17, 15) is 0 Å². The number of morpholine rings is 1. The molecule has 24 heavy (non-hydrogen) atoms. The highest BCUT2D eigenvalue weighted by Crippen LogP contribution is 2.25. The molecule has 9 nitrogen and oxygen atoms in total. The molecule has 1 saturated heterocycles. The number of nitrogen functional groups attached to an aromatic ring is 1. The Morgan fingerprint density at radius 2 is 2.04 bits per heavy atom. The molecule has 2 aromatic heterocycles. The lowest BCUT2D eigenvalue weighted by atomic mass is 10.3. The van der Waals surface area contributed by atoms with Crippen molar-refractivity contribution in [1.82, 2.24) is 20.0 Å². The predicted molar refractivity (Wildman–Crippen MR) is 91.3 cm³/mol. The molecule has 0 saturated carbocycles. The molecule has 0 aliphatic carbocycles. The number of rotatable bonds is 7. The lowest BCUT2D eigenvalue weighted by Gasteiger charge is -2.26. The Balaban J connectivity index is 1.51. The van der Waals surface area contributed by atoms with Gasteiger partial charge >= 0.3 is 0 Å². The minimum absolute atomic E-state index is 0.463. The fourth-order valence-corrected chi connectivity index (χ4v) is 2.52. The van der Waals surface area contributed by atoms with E-state index < -0.39 is 0 Å². The summed E-state index contributed by atoms with van der Waals surface area (Å²) in [5, 5.41) is 10.2. The summed E-state index contributed by atoms with van der Waals surface area (Å²) in [7, 11) is 0. The summed E-state index contributed by atoms with van der Waals surface area (Å²) in [6, 6.07) is 1.77.